The van der Waals surface area contributed by atoms with Crippen LogP contribution in [0, 0.1) is 0 Å². The maximum absolute atomic E-state index is 12.5. The van der Waals surface area contributed by atoms with Crippen LogP contribution in [-0.2, 0) is 14.8 Å². The summed E-state index contributed by atoms with van der Waals surface area (Å²) in [5.41, 5.74) is 0. The van der Waals surface area contributed by atoms with E-state index in [2.05, 4.69) is 29.0 Å². The smallest absolute Gasteiger partial charge is 0.216 e. The fraction of sp³-hybridized carbons (Fsp3) is 0.947. The van der Waals surface area contributed by atoms with Crippen molar-refractivity contribution in [3.8, 4) is 0 Å². The number of hydrogen-bond donors (Lipinski definition) is 1. The highest BCUT2D eigenvalue weighted by Crippen LogP contribution is 2.17. The van der Waals surface area contributed by atoms with Crippen LogP contribution in [0.15, 0.2) is 4.99 Å². The number of rotatable bonds is 9. The Bertz CT molecular complexity index is 595. The number of piperazine rings is 1. The maximum Gasteiger partial charge on any atom is 0.216 e. The maximum atomic E-state index is 12.5. The molecule has 0 bridgehead atoms. The molecule has 2 heterocycles. The van der Waals surface area contributed by atoms with Crippen molar-refractivity contribution in [2.45, 2.75) is 52.7 Å². The van der Waals surface area contributed by atoms with Gasteiger partial charge < -0.3 is 15.0 Å². The molecular formula is C19H40IN5O3S. The van der Waals surface area contributed by atoms with Gasteiger partial charge >= 0.3 is 0 Å². The second-order valence-electron chi connectivity index (χ2n) is 7.74. The van der Waals surface area contributed by atoms with E-state index >= 15 is 0 Å². The Morgan fingerprint density at radius 1 is 1.17 bits per heavy atom. The number of guanidine groups is 1. The topological polar surface area (TPSA) is 77.5 Å². The number of hydrogen-bond acceptors (Lipinski definition) is 5. The summed E-state index contributed by atoms with van der Waals surface area (Å²) in [6.45, 7) is 14.5. The molecule has 0 radical (unpaired) electrons. The Balaban J connectivity index is 0.00000420. The predicted octanol–water partition coefficient (Wildman–Crippen LogP) is 1.43. The molecule has 0 amide bonds. The molecule has 0 saturated carbocycles. The molecule has 1 atom stereocenters. The molecule has 10 heteroatoms. The standard InChI is InChI=1S/C19H39N5O3S.HI/c1-5-20-19(21-16-18-8-7-9-22(18)6-2)23-10-12-24(13-11-23)28(25,26)15-14-27-17(3)4;/h17-18H,5-16H2,1-4H3,(H,20,21);1H. The van der Waals surface area contributed by atoms with Crippen LogP contribution in [0.1, 0.15) is 40.5 Å². The summed E-state index contributed by atoms with van der Waals surface area (Å²) in [7, 11) is -3.26. The summed E-state index contributed by atoms with van der Waals surface area (Å²) in [4.78, 5) is 9.56. The third-order valence-electron chi connectivity index (χ3n) is 5.42. The summed E-state index contributed by atoms with van der Waals surface area (Å²) in [5.74, 6) is 0.957. The number of halogens is 1. The molecule has 29 heavy (non-hydrogen) atoms. The minimum Gasteiger partial charge on any atom is -0.378 e. The minimum absolute atomic E-state index is 0. The fourth-order valence-electron chi connectivity index (χ4n) is 3.83. The van der Waals surface area contributed by atoms with Crippen molar-refractivity contribution in [3.05, 3.63) is 0 Å². The molecule has 2 aliphatic rings. The first-order chi connectivity index (χ1) is 13.4. The van der Waals surface area contributed by atoms with Crippen LogP contribution in [0.2, 0.25) is 0 Å². The van der Waals surface area contributed by atoms with Gasteiger partial charge in [0.05, 0.1) is 25.0 Å². The lowest BCUT2D eigenvalue weighted by atomic mass is 10.2. The van der Waals surface area contributed by atoms with Crippen LogP contribution in [-0.4, -0.2) is 105 Å². The molecule has 0 spiro atoms. The lowest BCUT2D eigenvalue weighted by Gasteiger charge is -2.36. The van der Waals surface area contributed by atoms with Crippen LogP contribution in [0.4, 0.5) is 0 Å². The lowest BCUT2D eigenvalue weighted by molar-refractivity contribution is 0.0904. The second-order valence-corrected chi connectivity index (χ2v) is 9.83. The van der Waals surface area contributed by atoms with Gasteiger partial charge in [-0.15, -0.1) is 24.0 Å². The van der Waals surface area contributed by atoms with Gasteiger partial charge in [0.1, 0.15) is 0 Å². The van der Waals surface area contributed by atoms with Gasteiger partial charge in [0, 0.05) is 38.8 Å². The summed E-state index contributed by atoms with van der Waals surface area (Å²) in [5, 5.41) is 3.38. The van der Waals surface area contributed by atoms with Crippen LogP contribution in [0.5, 0.6) is 0 Å². The Labute approximate surface area is 194 Å². The van der Waals surface area contributed by atoms with E-state index in [-0.39, 0.29) is 42.4 Å². The van der Waals surface area contributed by atoms with Crippen LogP contribution in [0.25, 0.3) is 0 Å². The summed E-state index contributed by atoms with van der Waals surface area (Å²) >= 11 is 0. The molecule has 2 saturated heterocycles. The first-order valence-electron chi connectivity index (χ1n) is 10.7. The molecule has 2 fully saturated rings. The fourth-order valence-corrected chi connectivity index (χ4v) is 5.12. The largest absolute Gasteiger partial charge is 0.378 e. The number of ether oxygens (including phenoxy) is 1. The highest BCUT2D eigenvalue weighted by molar-refractivity contribution is 14.0. The lowest BCUT2D eigenvalue weighted by Crippen LogP contribution is -2.54. The molecule has 2 aliphatic heterocycles. The normalized spacial score (nSPS) is 22.2. The SMILES string of the molecule is CCNC(=NCC1CCCN1CC)N1CCN(S(=O)(=O)CCOC(C)C)CC1.I. The van der Waals surface area contributed by atoms with E-state index in [1.54, 1.807) is 4.31 Å². The third kappa shape index (κ3) is 8.47. The van der Waals surface area contributed by atoms with Crippen molar-refractivity contribution in [1.29, 1.82) is 0 Å². The summed E-state index contributed by atoms with van der Waals surface area (Å²) in [6, 6.07) is 0.529. The number of nitrogens with zero attached hydrogens (tertiary/aromatic N) is 4. The molecule has 1 unspecified atom stereocenters. The van der Waals surface area contributed by atoms with Gasteiger partial charge in [0.2, 0.25) is 10.0 Å². The summed E-state index contributed by atoms with van der Waals surface area (Å²) in [6.07, 6.45) is 2.51. The molecule has 172 valence electrons. The molecule has 0 aromatic rings. The van der Waals surface area contributed by atoms with Gasteiger partial charge in [-0.25, -0.2) is 8.42 Å². The molecule has 0 aliphatic carbocycles. The minimum atomic E-state index is -3.26. The zero-order valence-electron chi connectivity index (χ0n) is 18.5. The first-order valence-corrected chi connectivity index (χ1v) is 12.3. The van der Waals surface area contributed by atoms with E-state index in [1.807, 2.05) is 13.8 Å². The van der Waals surface area contributed by atoms with Crippen LogP contribution >= 0.6 is 24.0 Å². The molecule has 0 aromatic heterocycles. The van der Waals surface area contributed by atoms with E-state index in [0.717, 1.165) is 25.6 Å². The Morgan fingerprint density at radius 2 is 1.86 bits per heavy atom. The van der Waals surface area contributed by atoms with E-state index in [9.17, 15) is 8.42 Å². The van der Waals surface area contributed by atoms with Gasteiger partial charge in [-0.2, -0.15) is 4.31 Å². The number of aliphatic imine (C=N–C) groups is 1. The van der Waals surface area contributed by atoms with Crippen molar-refractivity contribution in [3.63, 3.8) is 0 Å². The van der Waals surface area contributed by atoms with Crippen molar-refractivity contribution >= 4 is 40.0 Å². The Kier molecular flexibility index (Phi) is 12.3. The van der Waals surface area contributed by atoms with E-state index in [4.69, 9.17) is 9.73 Å². The molecular weight excluding hydrogens is 505 g/mol. The van der Waals surface area contributed by atoms with Gasteiger partial charge in [-0.05, 0) is 46.7 Å². The Hall–Kier alpha value is -0.170. The van der Waals surface area contributed by atoms with Crippen LogP contribution < -0.4 is 5.32 Å². The number of nitrogens with one attached hydrogen (secondary N) is 1. The third-order valence-corrected chi connectivity index (χ3v) is 7.25. The van der Waals surface area contributed by atoms with Gasteiger partial charge in [0.15, 0.2) is 5.96 Å². The quantitative estimate of drug-likeness (QED) is 0.269. The monoisotopic (exact) mass is 545 g/mol. The second kappa shape index (κ2) is 13.3. The van der Waals surface area contributed by atoms with E-state index in [1.165, 1.54) is 19.4 Å². The highest BCUT2D eigenvalue weighted by atomic mass is 127. The number of likely N-dealkylation sites (tertiary alicyclic amines) is 1. The van der Waals surface area contributed by atoms with Crippen LogP contribution in [0.3, 0.4) is 0 Å². The molecule has 1 N–H and O–H groups in total. The average Bonchev–Trinajstić information content (AvgIpc) is 3.12. The molecule has 8 nitrogen and oxygen atoms in total. The number of sulfonamides is 1. The summed E-state index contributed by atoms with van der Waals surface area (Å²) < 4.78 is 32.0. The predicted molar refractivity (Wildman–Crippen MR) is 130 cm³/mol. The average molecular weight is 546 g/mol. The van der Waals surface area contributed by atoms with E-state index in [0.29, 0.717) is 32.2 Å². The van der Waals surface area contributed by atoms with Crippen molar-refractivity contribution in [2.75, 3.05) is 64.7 Å². The Morgan fingerprint density at radius 3 is 2.45 bits per heavy atom. The molecule has 0 aromatic carbocycles. The van der Waals surface area contributed by atoms with Gasteiger partial charge in [-0.1, -0.05) is 6.92 Å². The van der Waals surface area contributed by atoms with Gasteiger partial charge in [-0.3, -0.25) is 9.89 Å². The zero-order chi connectivity index (χ0) is 20.6. The van der Waals surface area contributed by atoms with Crippen molar-refractivity contribution in [1.82, 2.24) is 19.4 Å². The zero-order valence-corrected chi connectivity index (χ0v) is 21.6. The van der Waals surface area contributed by atoms with Gasteiger partial charge in [0.25, 0.3) is 0 Å². The van der Waals surface area contributed by atoms with E-state index < -0.39 is 10.0 Å². The van der Waals surface area contributed by atoms with Crippen molar-refractivity contribution < 1.29 is 13.2 Å². The van der Waals surface area contributed by atoms with Crippen molar-refractivity contribution in [2.24, 2.45) is 4.99 Å². The highest BCUT2D eigenvalue weighted by Gasteiger charge is 2.28. The molecule has 2 rings (SSSR count). The number of likely N-dealkylation sites (N-methyl/N-ethyl adjacent to an activating group) is 1. The first kappa shape index (κ1) is 26.9.